The van der Waals surface area contributed by atoms with Gasteiger partial charge in [0.05, 0.1) is 19.6 Å². The first-order valence-corrected chi connectivity index (χ1v) is 15.5. The van der Waals surface area contributed by atoms with Crippen molar-refractivity contribution in [2.45, 2.75) is 142 Å². The van der Waals surface area contributed by atoms with Crippen LogP contribution in [0.1, 0.15) is 142 Å². The minimum absolute atomic E-state index is 0.0737. The van der Waals surface area contributed by atoms with Gasteiger partial charge in [0.25, 0.3) is 0 Å². The minimum atomic E-state index is -1.04. The molecule has 0 bridgehead atoms. The van der Waals surface area contributed by atoms with Gasteiger partial charge in [0.1, 0.15) is 0 Å². The highest BCUT2D eigenvalue weighted by Gasteiger charge is 2.17. The van der Waals surface area contributed by atoms with Gasteiger partial charge in [0.2, 0.25) is 11.8 Å². The number of amides is 2. The molecule has 0 saturated carbocycles. The van der Waals surface area contributed by atoms with Crippen molar-refractivity contribution in [2.24, 2.45) is 0 Å². The van der Waals surface area contributed by atoms with E-state index in [0.717, 1.165) is 25.7 Å². The number of rotatable bonds is 28. The molecule has 7 heteroatoms. The Bertz CT molecular complexity index is 517. The number of nitrogens with zero attached hydrogens (tertiary/aromatic N) is 1. The first-order chi connectivity index (χ1) is 18.0. The Morgan fingerprint density at radius 2 is 0.784 bits per heavy atom. The SMILES string of the molecule is CCCCCCCCCCCCNC(=O)CN(CC(=O)O)CC(=O)NCCCCCCCCCCCC. The van der Waals surface area contributed by atoms with Crippen LogP contribution in [0.4, 0.5) is 0 Å². The molecule has 218 valence electrons. The molecule has 0 spiro atoms. The highest BCUT2D eigenvalue weighted by Crippen LogP contribution is 2.11. The molecule has 0 aromatic carbocycles. The van der Waals surface area contributed by atoms with Gasteiger partial charge in [-0.25, -0.2) is 0 Å². The number of carbonyl (C=O) groups is 3. The molecule has 2 amide bonds. The van der Waals surface area contributed by atoms with E-state index in [2.05, 4.69) is 24.5 Å². The Labute approximate surface area is 227 Å². The van der Waals surface area contributed by atoms with Crippen LogP contribution in [0.3, 0.4) is 0 Å². The molecule has 3 N–H and O–H groups in total. The van der Waals surface area contributed by atoms with Crippen LogP contribution in [0.25, 0.3) is 0 Å². The molecule has 7 nitrogen and oxygen atoms in total. The van der Waals surface area contributed by atoms with Crippen LogP contribution >= 0.6 is 0 Å². The molecule has 0 aliphatic rings. The topological polar surface area (TPSA) is 98.7 Å². The van der Waals surface area contributed by atoms with Crippen molar-refractivity contribution in [2.75, 3.05) is 32.7 Å². The quantitative estimate of drug-likeness (QED) is 0.102. The number of carbonyl (C=O) groups excluding carboxylic acids is 2. The van der Waals surface area contributed by atoms with Crippen LogP contribution in [0.15, 0.2) is 0 Å². The summed E-state index contributed by atoms with van der Waals surface area (Å²) in [4.78, 5) is 37.1. The molecule has 0 aromatic heterocycles. The fourth-order valence-electron chi connectivity index (χ4n) is 4.56. The van der Waals surface area contributed by atoms with Crippen molar-refractivity contribution >= 4 is 17.8 Å². The Hall–Kier alpha value is -1.63. The number of carboxylic acids is 1. The van der Waals surface area contributed by atoms with Crippen molar-refractivity contribution < 1.29 is 19.5 Å². The maximum Gasteiger partial charge on any atom is 0.317 e. The standard InChI is InChI=1S/C30H59N3O4/c1-3-5-7-9-11-13-15-17-19-21-23-31-28(34)25-33(27-30(36)37)26-29(35)32-24-22-20-18-16-14-12-10-8-6-4-2/h3-27H2,1-2H3,(H,31,34)(H,32,35)(H,36,37). The molecule has 0 heterocycles. The van der Waals surface area contributed by atoms with Gasteiger partial charge in [0.15, 0.2) is 0 Å². The third kappa shape index (κ3) is 27.2. The summed E-state index contributed by atoms with van der Waals surface area (Å²) in [6.45, 7) is 5.20. The van der Waals surface area contributed by atoms with E-state index in [4.69, 9.17) is 5.11 Å². The largest absolute Gasteiger partial charge is 0.480 e. The predicted molar refractivity (Wildman–Crippen MR) is 154 cm³/mol. The molecule has 37 heavy (non-hydrogen) atoms. The molecule has 0 radical (unpaired) electrons. The second kappa shape index (κ2) is 27.4. The van der Waals surface area contributed by atoms with Crippen LogP contribution in [0.2, 0.25) is 0 Å². The highest BCUT2D eigenvalue weighted by atomic mass is 16.4. The summed E-state index contributed by atoms with van der Waals surface area (Å²) in [6, 6.07) is 0. The Morgan fingerprint density at radius 1 is 0.486 bits per heavy atom. The number of nitrogens with one attached hydrogen (secondary N) is 2. The van der Waals surface area contributed by atoms with E-state index in [1.54, 1.807) is 0 Å². The van der Waals surface area contributed by atoms with Gasteiger partial charge < -0.3 is 15.7 Å². The summed E-state index contributed by atoms with van der Waals surface area (Å²) < 4.78 is 0. The molecule has 0 rings (SSSR count). The maximum atomic E-state index is 12.3. The molecule has 0 aliphatic heterocycles. The lowest BCUT2D eigenvalue weighted by atomic mass is 10.1. The number of unbranched alkanes of at least 4 members (excludes halogenated alkanes) is 18. The first-order valence-electron chi connectivity index (χ1n) is 15.5. The smallest absolute Gasteiger partial charge is 0.317 e. The van der Waals surface area contributed by atoms with Crippen LogP contribution < -0.4 is 10.6 Å². The van der Waals surface area contributed by atoms with E-state index in [-0.39, 0.29) is 31.4 Å². The van der Waals surface area contributed by atoms with Gasteiger partial charge in [-0.15, -0.1) is 0 Å². The summed E-state index contributed by atoms with van der Waals surface area (Å²) in [6.07, 6.45) is 24.8. The van der Waals surface area contributed by atoms with Crippen molar-refractivity contribution in [3.8, 4) is 0 Å². The van der Waals surface area contributed by atoms with Gasteiger partial charge in [-0.3, -0.25) is 19.3 Å². The summed E-state index contributed by atoms with van der Waals surface area (Å²) in [7, 11) is 0. The normalized spacial score (nSPS) is 11.1. The number of hydrogen-bond acceptors (Lipinski definition) is 4. The van der Waals surface area contributed by atoms with Gasteiger partial charge in [-0.1, -0.05) is 129 Å². The lowest BCUT2D eigenvalue weighted by Gasteiger charge is -2.19. The van der Waals surface area contributed by atoms with Crippen molar-refractivity contribution in [3.63, 3.8) is 0 Å². The van der Waals surface area contributed by atoms with Gasteiger partial charge in [-0.05, 0) is 12.8 Å². The Balaban J connectivity index is 3.84. The van der Waals surface area contributed by atoms with Crippen molar-refractivity contribution in [3.05, 3.63) is 0 Å². The third-order valence-corrected chi connectivity index (χ3v) is 6.80. The lowest BCUT2D eigenvalue weighted by molar-refractivity contribution is -0.139. The zero-order valence-corrected chi connectivity index (χ0v) is 24.3. The van der Waals surface area contributed by atoms with E-state index in [0.29, 0.717) is 13.1 Å². The number of aliphatic carboxylic acids is 1. The molecule has 0 saturated heterocycles. The van der Waals surface area contributed by atoms with E-state index in [1.165, 1.54) is 108 Å². The number of carboxylic acid groups (broad SMARTS) is 1. The zero-order chi connectivity index (χ0) is 27.4. The minimum Gasteiger partial charge on any atom is -0.480 e. The Kier molecular flexibility index (Phi) is 26.2. The molecule has 0 aromatic rings. The van der Waals surface area contributed by atoms with E-state index in [9.17, 15) is 14.4 Å². The zero-order valence-electron chi connectivity index (χ0n) is 24.3. The van der Waals surface area contributed by atoms with E-state index in [1.807, 2.05) is 0 Å². The lowest BCUT2D eigenvalue weighted by Crippen LogP contribution is -2.45. The summed E-state index contributed by atoms with van der Waals surface area (Å²) in [5.74, 6) is -1.48. The Morgan fingerprint density at radius 3 is 1.08 bits per heavy atom. The fraction of sp³-hybridized carbons (Fsp3) is 0.900. The van der Waals surface area contributed by atoms with Crippen molar-refractivity contribution in [1.82, 2.24) is 15.5 Å². The molecule has 0 unspecified atom stereocenters. The summed E-state index contributed by atoms with van der Waals surface area (Å²) >= 11 is 0. The number of hydrogen-bond donors (Lipinski definition) is 3. The average Bonchev–Trinajstić information content (AvgIpc) is 2.85. The average molecular weight is 526 g/mol. The first kappa shape index (κ1) is 35.4. The maximum absolute atomic E-state index is 12.3. The van der Waals surface area contributed by atoms with Crippen LogP contribution in [0, 0.1) is 0 Å². The van der Waals surface area contributed by atoms with Gasteiger partial charge >= 0.3 is 5.97 Å². The summed E-state index contributed by atoms with van der Waals surface area (Å²) in [5, 5.41) is 14.9. The predicted octanol–water partition coefficient (Wildman–Crippen LogP) is 6.45. The molecule has 0 aliphatic carbocycles. The van der Waals surface area contributed by atoms with Gasteiger partial charge in [0, 0.05) is 13.1 Å². The highest BCUT2D eigenvalue weighted by molar-refractivity contribution is 5.82. The second-order valence-corrected chi connectivity index (χ2v) is 10.6. The monoisotopic (exact) mass is 525 g/mol. The van der Waals surface area contributed by atoms with Crippen molar-refractivity contribution in [1.29, 1.82) is 0 Å². The molecular formula is C30H59N3O4. The molecule has 0 atom stereocenters. The fourth-order valence-corrected chi connectivity index (χ4v) is 4.56. The molecular weight excluding hydrogens is 466 g/mol. The summed E-state index contributed by atoms with van der Waals surface area (Å²) in [5.41, 5.74) is 0. The van der Waals surface area contributed by atoms with E-state index >= 15 is 0 Å². The van der Waals surface area contributed by atoms with Crippen LogP contribution in [0.5, 0.6) is 0 Å². The van der Waals surface area contributed by atoms with Crippen LogP contribution in [-0.2, 0) is 14.4 Å². The van der Waals surface area contributed by atoms with Gasteiger partial charge in [-0.2, -0.15) is 0 Å². The third-order valence-electron chi connectivity index (χ3n) is 6.80. The van der Waals surface area contributed by atoms with Crippen LogP contribution in [-0.4, -0.2) is 60.5 Å². The second-order valence-electron chi connectivity index (χ2n) is 10.6. The van der Waals surface area contributed by atoms with E-state index < -0.39 is 5.97 Å². The molecule has 0 fully saturated rings.